The van der Waals surface area contributed by atoms with Crippen molar-refractivity contribution in [2.24, 2.45) is 0 Å². The van der Waals surface area contributed by atoms with Crippen molar-refractivity contribution >= 4 is 17.4 Å². The summed E-state index contributed by atoms with van der Waals surface area (Å²) in [5.74, 6) is 0.928. The minimum Gasteiger partial charge on any atom is -0.497 e. The zero-order chi connectivity index (χ0) is 13.8. The van der Waals surface area contributed by atoms with E-state index in [9.17, 15) is 4.79 Å². The number of rotatable bonds is 3. The molecule has 5 heteroatoms. The number of amides is 1. The van der Waals surface area contributed by atoms with Crippen LogP contribution in [0.5, 0.6) is 5.75 Å². The molecule has 2 aromatic rings. The molecule has 0 atom stereocenters. The summed E-state index contributed by atoms with van der Waals surface area (Å²) in [7, 11) is 3.20. The number of aromatic nitrogens is 1. The molecule has 0 saturated heterocycles. The fraction of sp³-hybridized carbons (Fsp3) is 0.143. The Kier molecular flexibility index (Phi) is 3.66. The maximum absolute atomic E-state index is 12.4. The zero-order valence-corrected chi connectivity index (χ0v) is 10.8. The van der Waals surface area contributed by atoms with Gasteiger partial charge in [-0.3, -0.25) is 9.69 Å². The highest BCUT2D eigenvalue weighted by molar-refractivity contribution is 6.08. The van der Waals surface area contributed by atoms with E-state index in [0.717, 1.165) is 0 Å². The van der Waals surface area contributed by atoms with Crippen LogP contribution in [0.15, 0.2) is 42.6 Å². The van der Waals surface area contributed by atoms with Gasteiger partial charge >= 0.3 is 0 Å². The number of pyridine rings is 1. The summed E-state index contributed by atoms with van der Waals surface area (Å²) in [5, 5.41) is 0. The smallest absolute Gasteiger partial charge is 0.261 e. The molecule has 0 fully saturated rings. The molecule has 0 radical (unpaired) electrons. The van der Waals surface area contributed by atoms with Crippen LogP contribution in [0.2, 0.25) is 0 Å². The Balaban J connectivity index is 2.34. The Bertz CT molecular complexity index is 584. The molecule has 0 aliphatic heterocycles. The number of nitrogen functional groups attached to an aromatic ring is 1. The van der Waals surface area contributed by atoms with Crippen LogP contribution in [0.25, 0.3) is 0 Å². The van der Waals surface area contributed by atoms with Crippen LogP contribution >= 0.6 is 0 Å². The number of hydrogen-bond acceptors (Lipinski definition) is 4. The molecule has 2 N–H and O–H groups in total. The molecule has 1 aromatic carbocycles. The first-order valence-corrected chi connectivity index (χ1v) is 5.76. The van der Waals surface area contributed by atoms with Gasteiger partial charge in [-0.2, -0.15) is 0 Å². The first-order valence-electron chi connectivity index (χ1n) is 5.76. The molecular formula is C14H15N3O2. The van der Waals surface area contributed by atoms with Crippen LogP contribution in [0.3, 0.4) is 0 Å². The topological polar surface area (TPSA) is 68.5 Å². The molecule has 19 heavy (non-hydrogen) atoms. The largest absolute Gasteiger partial charge is 0.497 e. The minimum atomic E-state index is -0.227. The number of hydrogen-bond donors (Lipinski definition) is 1. The highest BCUT2D eigenvalue weighted by atomic mass is 16.5. The van der Waals surface area contributed by atoms with E-state index in [1.165, 1.54) is 4.90 Å². The molecule has 0 unspecified atom stereocenters. The van der Waals surface area contributed by atoms with E-state index in [2.05, 4.69) is 4.98 Å². The van der Waals surface area contributed by atoms with Crippen molar-refractivity contribution < 1.29 is 9.53 Å². The van der Waals surface area contributed by atoms with Gasteiger partial charge in [0.2, 0.25) is 0 Å². The summed E-state index contributed by atoms with van der Waals surface area (Å²) >= 11 is 0. The first-order chi connectivity index (χ1) is 9.13. The van der Waals surface area contributed by atoms with E-state index >= 15 is 0 Å². The Morgan fingerprint density at radius 3 is 2.74 bits per heavy atom. The van der Waals surface area contributed by atoms with E-state index in [-0.39, 0.29) is 5.91 Å². The summed E-state index contributed by atoms with van der Waals surface area (Å²) in [6.45, 7) is 0. The molecule has 98 valence electrons. The fourth-order valence-corrected chi connectivity index (χ4v) is 1.68. The minimum absolute atomic E-state index is 0.227. The molecule has 0 bridgehead atoms. The number of nitrogens with zero attached hydrogens (tertiary/aromatic N) is 2. The van der Waals surface area contributed by atoms with E-state index < -0.39 is 0 Å². The fourth-order valence-electron chi connectivity index (χ4n) is 1.68. The van der Waals surface area contributed by atoms with Crippen molar-refractivity contribution in [3.63, 3.8) is 0 Å². The lowest BCUT2D eigenvalue weighted by Gasteiger charge is -2.17. The second-order valence-corrected chi connectivity index (χ2v) is 4.01. The third-order valence-electron chi connectivity index (χ3n) is 2.79. The molecule has 0 aliphatic rings. The lowest BCUT2D eigenvalue weighted by molar-refractivity contribution is 0.0993. The molecular weight excluding hydrogens is 242 g/mol. The van der Waals surface area contributed by atoms with Crippen LogP contribution in [0.4, 0.5) is 11.5 Å². The Labute approximate surface area is 111 Å². The molecule has 1 amide bonds. The first kappa shape index (κ1) is 12.9. The highest BCUT2D eigenvalue weighted by Gasteiger charge is 2.17. The molecule has 1 aromatic heterocycles. The highest BCUT2D eigenvalue weighted by Crippen LogP contribution is 2.22. The molecule has 2 rings (SSSR count). The van der Waals surface area contributed by atoms with Crippen LogP contribution in [0, 0.1) is 0 Å². The lowest BCUT2D eigenvalue weighted by Crippen LogP contribution is -2.27. The van der Waals surface area contributed by atoms with E-state index in [4.69, 9.17) is 10.5 Å². The number of carbonyl (C=O) groups is 1. The average molecular weight is 257 g/mol. The number of ether oxygens (including phenoxy) is 1. The number of methoxy groups -OCH3 is 1. The number of benzene rings is 1. The summed E-state index contributed by atoms with van der Waals surface area (Å²) in [6, 6.07) is 10.4. The summed E-state index contributed by atoms with van der Waals surface area (Å²) in [6.07, 6.45) is 1.63. The maximum atomic E-state index is 12.4. The standard InChI is InChI=1S/C14H15N3O2/c1-17(13-5-3-4-8-16-13)14(18)11-9-10(19-2)6-7-12(11)15/h3-9H,15H2,1-2H3. The third kappa shape index (κ3) is 2.65. The van der Waals surface area contributed by atoms with Gasteiger partial charge in [-0.25, -0.2) is 4.98 Å². The van der Waals surface area contributed by atoms with Gasteiger partial charge in [0, 0.05) is 18.9 Å². The van der Waals surface area contributed by atoms with Gasteiger partial charge in [-0.1, -0.05) is 6.07 Å². The van der Waals surface area contributed by atoms with Gasteiger partial charge in [-0.05, 0) is 30.3 Å². The Morgan fingerprint density at radius 2 is 2.11 bits per heavy atom. The second kappa shape index (κ2) is 5.39. The van der Waals surface area contributed by atoms with E-state index in [0.29, 0.717) is 22.8 Å². The molecule has 0 saturated carbocycles. The maximum Gasteiger partial charge on any atom is 0.261 e. The lowest BCUT2D eigenvalue weighted by atomic mass is 10.1. The summed E-state index contributed by atoms with van der Waals surface area (Å²) in [5.41, 5.74) is 6.64. The van der Waals surface area contributed by atoms with Gasteiger partial charge in [0.1, 0.15) is 11.6 Å². The van der Waals surface area contributed by atoms with Crippen molar-refractivity contribution in [3.05, 3.63) is 48.2 Å². The van der Waals surface area contributed by atoms with E-state index in [1.807, 2.05) is 6.07 Å². The molecule has 0 aliphatic carbocycles. The van der Waals surface area contributed by atoms with Gasteiger partial charge in [0.05, 0.1) is 12.7 Å². The second-order valence-electron chi connectivity index (χ2n) is 4.01. The molecule has 1 heterocycles. The van der Waals surface area contributed by atoms with Gasteiger partial charge in [0.15, 0.2) is 0 Å². The van der Waals surface area contributed by atoms with Gasteiger partial charge in [0.25, 0.3) is 5.91 Å². The van der Waals surface area contributed by atoms with Crippen molar-refractivity contribution in [1.29, 1.82) is 0 Å². The van der Waals surface area contributed by atoms with E-state index in [1.54, 1.807) is 50.7 Å². The Hall–Kier alpha value is -2.56. The third-order valence-corrected chi connectivity index (χ3v) is 2.79. The van der Waals surface area contributed by atoms with Crippen molar-refractivity contribution in [3.8, 4) is 5.75 Å². The average Bonchev–Trinajstić information content (AvgIpc) is 2.47. The van der Waals surface area contributed by atoms with Crippen molar-refractivity contribution in [2.45, 2.75) is 0 Å². The number of nitrogens with two attached hydrogens (primary N) is 1. The normalized spacial score (nSPS) is 10.0. The van der Waals surface area contributed by atoms with Crippen LogP contribution < -0.4 is 15.4 Å². The van der Waals surface area contributed by atoms with Gasteiger partial charge < -0.3 is 10.5 Å². The predicted molar refractivity (Wildman–Crippen MR) is 74.4 cm³/mol. The van der Waals surface area contributed by atoms with Crippen molar-refractivity contribution in [2.75, 3.05) is 24.8 Å². The predicted octanol–water partition coefficient (Wildman–Crippen LogP) is 1.95. The Morgan fingerprint density at radius 1 is 1.32 bits per heavy atom. The van der Waals surface area contributed by atoms with Crippen LogP contribution in [-0.2, 0) is 0 Å². The van der Waals surface area contributed by atoms with Crippen LogP contribution in [0.1, 0.15) is 10.4 Å². The summed E-state index contributed by atoms with van der Waals surface area (Å²) < 4.78 is 5.10. The summed E-state index contributed by atoms with van der Waals surface area (Å²) in [4.78, 5) is 18.0. The molecule has 0 spiro atoms. The SMILES string of the molecule is COc1ccc(N)c(C(=O)N(C)c2ccccn2)c1. The van der Waals surface area contributed by atoms with Crippen LogP contribution in [-0.4, -0.2) is 25.0 Å². The quantitative estimate of drug-likeness (QED) is 0.853. The van der Waals surface area contributed by atoms with Gasteiger partial charge in [-0.15, -0.1) is 0 Å². The number of anilines is 2. The molecule has 5 nitrogen and oxygen atoms in total. The van der Waals surface area contributed by atoms with Crippen molar-refractivity contribution in [1.82, 2.24) is 4.98 Å². The monoisotopic (exact) mass is 257 g/mol. The zero-order valence-electron chi connectivity index (χ0n) is 10.8. The number of carbonyl (C=O) groups excluding carboxylic acids is 1.